The first-order valence-corrected chi connectivity index (χ1v) is 6.44. The Morgan fingerprint density at radius 2 is 1.65 bits per heavy atom. The lowest BCUT2D eigenvalue weighted by molar-refractivity contribution is 0.365. The van der Waals surface area contributed by atoms with E-state index in [2.05, 4.69) is 68.2 Å². The zero-order chi connectivity index (χ0) is 12.5. The Bertz CT molecular complexity index is 368. The van der Waals surface area contributed by atoms with Gasteiger partial charge < -0.3 is 10.2 Å². The van der Waals surface area contributed by atoms with Gasteiger partial charge in [0, 0.05) is 30.9 Å². The molecule has 0 bridgehead atoms. The minimum atomic E-state index is 0.162. The molecule has 0 aliphatic carbocycles. The smallest absolute Gasteiger partial charge is 0.0470 e. The van der Waals surface area contributed by atoms with Gasteiger partial charge in [0.05, 0.1) is 0 Å². The molecule has 94 valence electrons. The Morgan fingerprint density at radius 3 is 2.29 bits per heavy atom. The van der Waals surface area contributed by atoms with Crippen LogP contribution in [0, 0.1) is 5.41 Å². The molecule has 1 aromatic rings. The third-order valence-corrected chi connectivity index (χ3v) is 3.55. The second kappa shape index (κ2) is 4.34. The lowest BCUT2D eigenvalue weighted by Gasteiger charge is -2.41. The molecule has 0 radical (unpaired) electrons. The summed E-state index contributed by atoms with van der Waals surface area (Å²) in [5, 5.41) is 3.59. The van der Waals surface area contributed by atoms with Gasteiger partial charge in [-0.15, -0.1) is 0 Å². The molecule has 0 saturated carbocycles. The van der Waals surface area contributed by atoms with Crippen molar-refractivity contribution in [2.45, 2.75) is 33.2 Å². The average Bonchev–Trinajstić information content (AvgIpc) is 2.36. The van der Waals surface area contributed by atoms with Crippen LogP contribution in [0.3, 0.4) is 0 Å². The molecule has 1 saturated heterocycles. The maximum absolute atomic E-state index is 3.59. The first-order chi connectivity index (χ1) is 7.91. The van der Waals surface area contributed by atoms with Crippen molar-refractivity contribution in [3.63, 3.8) is 0 Å². The van der Waals surface area contributed by atoms with Crippen molar-refractivity contribution in [1.82, 2.24) is 5.32 Å². The van der Waals surface area contributed by atoms with Gasteiger partial charge in [0.25, 0.3) is 0 Å². The SMILES string of the molecule is CC1(C)CNCC(C)(C)N(c2ccccc2)C1. The van der Waals surface area contributed by atoms with Crippen LogP contribution < -0.4 is 10.2 Å². The van der Waals surface area contributed by atoms with Crippen LogP contribution in [0.4, 0.5) is 5.69 Å². The van der Waals surface area contributed by atoms with E-state index in [9.17, 15) is 0 Å². The summed E-state index contributed by atoms with van der Waals surface area (Å²) in [4.78, 5) is 2.53. The molecule has 1 fully saturated rings. The largest absolute Gasteiger partial charge is 0.365 e. The van der Waals surface area contributed by atoms with Gasteiger partial charge in [-0.3, -0.25) is 0 Å². The van der Waals surface area contributed by atoms with Crippen molar-refractivity contribution in [3.8, 4) is 0 Å². The van der Waals surface area contributed by atoms with Gasteiger partial charge in [0.2, 0.25) is 0 Å². The van der Waals surface area contributed by atoms with E-state index in [4.69, 9.17) is 0 Å². The van der Waals surface area contributed by atoms with E-state index >= 15 is 0 Å². The van der Waals surface area contributed by atoms with Gasteiger partial charge in [-0.05, 0) is 31.4 Å². The minimum Gasteiger partial charge on any atom is -0.365 e. The molecule has 1 heterocycles. The molecule has 0 unspecified atom stereocenters. The summed E-state index contributed by atoms with van der Waals surface area (Å²) >= 11 is 0. The summed E-state index contributed by atoms with van der Waals surface area (Å²) < 4.78 is 0. The van der Waals surface area contributed by atoms with Crippen LogP contribution in [0.2, 0.25) is 0 Å². The molecule has 2 nitrogen and oxygen atoms in total. The predicted molar refractivity (Wildman–Crippen MR) is 74.5 cm³/mol. The van der Waals surface area contributed by atoms with Crippen molar-refractivity contribution in [1.29, 1.82) is 0 Å². The van der Waals surface area contributed by atoms with Crippen LogP contribution in [0.15, 0.2) is 30.3 Å². The van der Waals surface area contributed by atoms with Gasteiger partial charge in [-0.25, -0.2) is 0 Å². The highest BCUT2D eigenvalue weighted by Crippen LogP contribution is 2.30. The Kier molecular flexibility index (Phi) is 3.17. The first-order valence-electron chi connectivity index (χ1n) is 6.44. The average molecular weight is 232 g/mol. The van der Waals surface area contributed by atoms with Gasteiger partial charge in [0.15, 0.2) is 0 Å². The molecular formula is C15H24N2. The highest BCUT2D eigenvalue weighted by atomic mass is 15.2. The molecular weight excluding hydrogens is 208 g/mol. The number of hydrogen-bond donors (Lipinski definition) is 1. The van der Waals surface area contributed by atoms with E-state index in [1.807, 2.05) is 0 Å². The van der Waals surface area contributed by atoms with E-state index in [1.54, 1.807) is 0 Å². The summed E-state index contributed by atoms with van der Waals surface area (Å²) in [6.45, 7) is 12.5. The zero-order valence-corrected chi connectivity index (χ0v) is 11.5. The van der Waals surface area contributed by atoms with E-state index in [1.165, 1.54) is 5.69 Å². The molecule has 0 atom stereocenters. The Labute approximate surface area is 105 Å². The van der Waals surface area contributed by atoms with Crippen LogP contribution in [0.1, 0.15) is 27.7 Å². The molecule has 0 aromatic heterocycles. The van der Waals surface area contributed by atoms with Gasteiger partial charge in [-0.2, -0.15) is 0 Å². The van der Waals surface area contributed by atoms with Crippen molar-refractivity contribution in [2.75, 3.05) is 24.5 Å². The number of rotatable bonds is 1. The third-order valence-electron chi connectivity index (χ3n) is 3.55. The second-order valence-corrected chi connectivity index (χ2v) is 6.50. The van der Waals surface area contributed by atoms with Crippen LogP contribution in [-0.4, -0.2) is 25.2 Å². The summed E-state index contributed by atoms with van der Waals surface area (Å²) in [5.74, 6) is 0. The van der Waals surface area contributed by atoms with Crippen molar-refractivity contribution < 1.29 is 0 Å². The van der Waals surface area contributed by atoms with E-state index < -0.39 is 0 Å². The van der Waals surface area contributed by atoms with Crippen LogP contribution in [-0.2, 0) is 0 Å². The zero-order valence-electron chi connectivity index (χ0n) is 11.5. The third kappa shape index (κ3) is 2.81. The molecule has 0 amide bonds. The maximum Gasteiger partial charge on any atom is 0.0470 e. The Balaban J connectivity index is 2.33. The van der Waals surface area contributed by atoms with Crippen molar-refractivity contribution in [2.24, 2.45) is 5.41 Å². The number of hydrogen-bond acceptors (Lipinski definition) is 2. The molecule has 17 heavy (non-hydrogen) atoms. The summed E-state index contributed by atoms with van der Waals surface area (Å²) in [5.41, 5.74) is 1.80. The maximum atomic E-state index is 3.59. The van der Waals surface area contributed by atoms with E-state index in [0.29, 0.717) is 5.41 Å². The summed E-state index contributed by atoms with van der Waals surface area (Å²) in [7, 11) is 0. The van der Waals surface area contributed by atoms with E-state index in [-0.39, 0.29) is 5.54 Å². The number of nitrogens with one attached hydrogen (secondary N) is 1. The molecule has 2 heteroatoms. The van der Waals surface area contributed by atoms with Crippen molar-refractivity contribution >= 4 is 5.69 Å². The number of benzene rings is 1. The van der Waals surface area contributed by atoms with Crippen molar-refractivity contribution in [3.05, 3.63) is 30.3 Å². The standard InChI is InChI=1S/C15H24N2/c1-14(2)10-16-11-15(3,4)17(12-14)13-8-6-5-7-9-13/h5-9,16H,10-12H2,1-4H3. The van der Waals surface area contributed by atoms with Crippen LogP contribution in [0.25, 0.3) is 0 Å². The van der Waals surface area contributed by atoms with Gasteiger partial charge >= 0.3 is 0 Å². The fraction of sp³-hybridized carbons (Fsp3) is 0.600. The lowest BCUT2D eigenvalue weighted by atomic mass is 9.91. The molecule has 0 spiro atoms. The molecule has 1 aromatic carbocycles. The quantitative estimate of drug-likeness (QED) is 0.801. The summed E-state index contributed by atoms with van der Waals surface area (Å²) in [6.07, 6.45) is 0. The molecule has 2 rings (SSSR count). The highest BCUT2D eigenvalue weighted by Gasteiger charge is 2.35. The monoisotopic (exact) mass is 232 g/mol. The Hall–Kier alpha value is -1.02. The second-order valence-electron chi connectivity index (χ2n) is 6.50. The normalized spacial score (nSPS) is 23.2. The van der Waals surface area contributed by atoms with Gasteiger partial charge in [-0.1, -0.05) is 32.0 Å². The van der Waals surface area contributed by atoms with E-state index in [0.717, 1.165) is 19.6 Å². The number of anilines is 1. The topological polar surface area (TPSA) is 15.3 Å². The number of nitrogens with zero attached hydrogens (tertiary/aromatic N) is 1. The highest BCUT2D eigenvalue weighted by molar-refractivity contribution is 5.49. The molecule has 1 aliphatic heterocycles. The summed E-state index contributed by atoms with van der Waals surface area (Å²) in [6, 6.07) is 10.7. The first kappa shape index (κ1) is 12.4. The lowest BCUT2D eigenvalue weighted by Crippen LogP contribution is -2.49. The van der Waals surface area contributed by atoms with Crippen LogP contribution >= 0.6 is 0 Å². The predicted octanol–water partition coefficient (Wildman–Crippen LogP) is 2.90. The Morgan fingerprint density at radius 1 is 1.00 bits per heavy atom. The molecule has 1 N–H and O–H groups in total. The number of para-hydroxylation sites is 1. The minimum absolute atomic E-state index is 0.162. The van der Waals surface area contributed by atoms with Gasteiger partial charge in [0.1, 0.15) is 0 Å². The molecule has 1 aliphatic rings. The van der Waals surface area contributed by atoms with Crippen LogP contribution in [0.5, 0.6) is 0 Å². The fourth-order valence-electron chi connectivity index (χ4n) is 2.55. The fourth-order valence-corrected chi connectivity index (χ4v) is 2.55.